The number of rotatable bonds is 6. The summed E-state index contributed by atoms with van der Waals surface area (Å²) in [5.74, 6) is -0.411. The molecule has 1 atom stereocenters. The first-order chi connectivity index (χ1) is 9.01. The highest BCUT2D eigenvalue weighted by Crippen LogP contribution is 2.26. The van der Waals surface area contributed by atoms with Gasteiger partial charge in [-0.3, -0.25) is 10.1 Å². The van der Waals surface area contributed by atoms with E-state index in [4.69, 9.17) is 9.84 Å². The van der Waals surface area contributed by atoms with E-state index in [1.54, 1.807) is 0 Å². The molecule has 1 aromatic carbocycles. The molecular formula is C11H14N2O6. The van der Waals surface area contributed by atoms with Crippen LogP contribution in [-0.2, 0) is 9.53 Å². The van der Waals surface area contributed by atoms with Gasteiger partial charge >= 0.3 is 5.97 Å². The number of hydrogen-bond donors (Lipinski definition) is 2. The lowest BCUT2D eigenvalue weighted by Gasteiger charge is -2.15. The van der Waals surface area contributed by atoms with Crippen molar-refractivity contribution in [3.8, 4) is 5.75 Å². The average molecular weight is 270 g/mol. The second kappa shape index (κ2) is 6.55. The Hall–Kier alpha value is -2.35. The third-order valence-electron chi connectivity index (χ3n) is 2.35. The molecular weight excluding hydrogens is 256 g/mol. The third-order valence-corrected chi connectivity index (χ3v) is 2.35. The predicted octanol–water partition coefficient (Wildman–Crippen LogP) is 0.549. The summed E-state index contributed by atoms with van der Waals surface area (Å²) < 4.78 is 9.41. The highest BCUT2D eigenvalue weighted by atomic mass is 16.6. The van der Waals surface area contributed by atoms with Crippen molar-refractivity contribution in [1.82, 2.24) is 0 Å². The predicted molar refractivity (Wildman–Crippen MR) is 66.2 cm³/mol. The second-order valence-corrected chi connectivity index (χ2v) is 3.58. The number of hydrogen-bond acceptors (Lipinski definition) is 7. The number of nitrogens with zero attached hydrogens (tertiary/aromatic N) is 1. The number of carbonyl (C=O) groups excluding carboxylic acids is 1. The molecule has 1 rings (SSSR count). The minimum atomic E-state index is -1.00. The number of aliphatic hydroxyl groups excluding tert-OH is 1. The number of nitrogens with one attached hydrogen (secondary N) is 1. The van der Waals surface area contributed by atoms with Gasteiger partial charge in [0.05, 0.1) is 31.8 Å². The first-order valence-corrected chi connectivity index (χ1v) is 5.30. The van der Waals surface area contributed by atoms with Crippen LogP contribution in [0.4, 0.5) is 11.4 Å². The summed E-state index contributed by atoms with van der Waals surface area (Å²) in [6.07, 6.45) is 0. The molecule has 8 heteroatoms. The fraction of sp³-hybridized carbons (Fsp3) is 0.364. The van der Waals surface area contributed by atoms with Gasteiger partial charge in [0.1, 0.15) is 11.8 Å². The minimum Gasteiger partial charge on any atom is -0.496 e. The maximum absolute atomic E-state index is 11.3. The molecule has 1 unspecified atom stereocenters. The van der Waals surface area contributed by atoms with E-state index >= 15 is 0 Å². The van der Waals surface area contributed by atoms with Crippen LogP contribution in [0.2, 0.25) is 0 Å². The normalized spacial score (nSPS) is 11.5. The van der Waals surface area contributed by atoms with Gasteiger partial charge in [0.25, 0.3) is 5.69 Å². The Labute approximate surface area is 109 Å². The monoisotopic (exact) mass is 270 g/mol. The number of aliphatic hydroxyl groups is 1. The van der Waals surface area contributed by atoms with Gasteiger partial charge < -0.3 is 19.9 Å². The first kappa shape index (κ1) is 14.7. The van der Waals surface area contributed by atoms with Crippen LogP contribution < -0.4 is 10.1 Å². The molecule has 104 valence electrons. The number of nitro benzene ring substituents is 1. The minimum absolute atomic E-state index is 0.191. The molecule has 0 bridgehead atoms. The number of nitro groups is 1. The van der Waals surface area contributed by atoms with E-state index in [0.717, 1.165) is 0 Å². The molecule has 8 nitrogen and oxygen atoms in total. The fourth-order valence-electron chi connectivity index (χ4n) is 1.41. The average Bonchev–Trinajstić information content (AvgIpc) is 2.43. The summed E-state index contributed by atoms with van der Waals surface area (Å²) in [5, 5.41) is 22.5. The van der Waals surface area contributed by atoms with Gasteiger partial charge in [0, 0.05) is 17.8 Å². The summed E-state index contributed by atoms with van der Waals surface area (Å²) in [7, 11) is 2.55. The van der Waals surface area contributed by atoms with Crippen LogP contribution >= 0.6 is 0 Å². The van der Waals surface area contributed by atoms with E-state index < -0.39 is 23.5 Å². The molecule has 0 aliphatic rings. The van der Waals surface area contributed by atoms with Crippen molar-refractivity contribution in [1.29, 1.82) is 0 Å². The summed E-state index contributed by atoms with van der Waals surface area (Å²) >= 11 is 0. The number of esters is 1. The van der Waals surface area contributed by atoms with Crippen LogP contribution in [0, 0.1) is 10.1 Å². The van der Waals surface area contributed by atoms with Crippen LogP contribution in [0.3, 0.4) is 0 Å². The Bertz CT molecular complexity index is 476. The Morgan fingerprint density at radius 1 is 1.47 bits per heavy atom. The topological polar surface area (TPSA) is 111 Å². The quantitative estimate of drug-likeness (QED) is 0.441. The van der Waals surface area contributed by atoms with Crippen LogP contribution in [0.1, 0.15) is 0 Å². The van der Waals surface area contributed by atoms with Crippen LogP contribution in [0.25, 0.3) is 0 Å². The molecule has 0 saturated carbocycles. The molecule has 0 saturated heterocycles. The molecule has 0 amide bonds. The zero-order valence-electron chi connectivity index (χ0n) is 10.5. The number of ether oxygens (including phenoxy) is 2. The van der Waals surface area contributed by atoms with E-state index in [1.807, 2.05) is 0 Å². The Balaban J connectivity index is 3.02. The van der Waals surface area contributed by atoms with E-state index in [1.165, 1.54) is 32.4 Å². The number of benzene rings is 1. The van der Waals surface area contributed by atoms with Crippen molar-refractivity contribution in [3.05, 3.63) is 28.3 Å². The second-order valence-electron chi connectivity index (χ2n) is 3.58. The molecule has 0 aromatic heterocycles. The van der Waals surface area contributed by atoms with Gasteiger partial charge in [-0.25, -0.2) is 4.79 Å². The summed E-state index contributed by atoms with van der Waals surface area (Å²) in [5.41, 5.74) is 0.0823. The molecule has 0 spiro atoms. The zero-order chi connectivity index (χ0) is 14.4. The standard InChI is InChI=1S/C11H14N2O6/c1-18-9-4-7(3-8(5-9)13(16)17)12-10(6-14)11(15)19-2/h3-5,10,12,14H,6H2,1-2H3. The number of anilines is 1. The zero-order valence-corrected chi connectivity index (χ0v) is 10.5. The number of non-ortho nitro benzene ring substituents is 1. The van der Waals surface area contributed by atoms with Crippen molar-refractivity contribution in [2.24, 2.45) is 0 Å². The van der Waals surface area contributed by atoms with Crippen molar-refractivity contribution in [3.63, 3.8) is 0 Å². The third kappa shape index (κ3) is 3.81. The van der Waals surface area contributed by atoms with Gasteiger partial charge in [-0.15, -0.1) is 0 Å². The molecule has 0 fully saturated rings. The van der Waals surface area contributed by atoms with Gasteiger partial charge in [-0.05, 0) is 0 Å². The Kier molecular flexibility index (Phi) is 5.07. The van der Waals surface area contributed by atoms with Crippen molar-refractivity contribution < 1.29 is 24.3 Å². The molecule has 0 aliphatic heterocycles. The summed E-state index contributed by atoms with van der Waals surface area (Å²) in [6, 6.07) is 2.95. The molecule has 1 aromatic rings. The van der Waals surface area contributed by atoms with Crippen molar-refractivity contribution >= 4 is 17.3 Å². The molecule has 19 heavy (non-hydrogen) atoms. The first-order valence-electron chi connectivity index (χ1n) is 5.30. The maximum Gasteiger partial charge on any atom is 0.330 e. The van der Waals surface area contributed by atoms with Gasteiger partial charge in [0.15, 0.2) is 0 Å². The molecule has 0 radical (unpaired) electrons. The number of carbonyl (C=O) groups is 1. The van der Waals surface area contributed by atoms with Gasteiger partial charge in [0.2, 0.25) is 0 Å². The van der Waals surface area contributed by atoms with Crippen LogP contribution in [0.5, 0.6) is 5.75 Å². The SMILES string of the molecule is COC(=O)C(CO)Nc1cc(OC)cc([N+](=O)[O-])c1. The Morgan fingerprint density at radius 3 is 2.63 bits per heavy atom. The molecule has 2 N–H and O–H groups in total. The highest BCUT2D eigenvalue weighted by Gasteiger charge is 2.19. The molecule has 0 heterocycles. The number of methoxy groups -OCH3 is 2. The lowest BCUT2D eigenvalue weighted by molar-refractivity contribution is -0.384. The van der Waals surface area contributed by atoms with Crippen LogP contribution in [-0.4, -0.2) is 42.9 Å². The lowest BCUT2D eigenvalue weighted by atomic mass is 10.2. The van der Waals surface area contributed by atoms with E-state index in [0.29, 0.717) is 0 Å². The van der Waals surface area contributed by atoms with Gasteiger partial charge in [-0.1, -0.05) is 0 Å². The van der Waals surface area contributed by atoms with Crippen molar-refractivity contribution in [2.75, 3.05) is 26.1 Å². The smallest absolute Gasteiger partial charge is 0.330 e. The van der Waals surface area contributed by atoms with E-state index in [9.17, 15) is 14.9 Å². The summed E-state index contributed by atoms with van der Waals surface area (Å²) in [6.45, 7) is -0.502. The Morgan fingerprint density at radius 2 is 2.16 bits per heavy atom. The largest absolute Gasteiger partial charge is 0.496 e. The van der Waals surface area contributed by atoms with Crippen molar-refractivity contribution in [2.45, 2.75) is 6.04 Å². The van der Waals surface area contributed by atoms with Gasteiger partial charge in [-0.2, -0.15) is 0 Å². The molecule has 0 aliphatic carbocycles. The van der Waals surface area contributed by atoms with E-state index in [2.05, 4.69) is 10.1 Å². The van der Waals surface area contributed by atoms with E-state index in [-0.39, 0.29) is 17.1 Å². The highest BCUT2D eigenvalue weighted by molar-refractivity contribution is 5.79. The summed E-state index contributed by atoms with van der Waals surface area (Å²) in [4.78, 5) is 21.5. The van der Waals surface area contributed by atoms with Crippen LogP contribution in [0.15, 0.2) is 18.2 Å². The maximum atomic E-state index is 11.3. The lowest BCUT2D eigenvalue weighted by Crippen LogP contribution is -2.34. The fourth-order valence-corrected chi connectivity index (χ4v) is 1.41.